The summed E-state index contributed by atoms with van der Waals surface area (Å²) in [5, 5.41) is 10.2. The van der Waals surface area contributed by atoms with Crippen LogP contribution in [0.2, 0.25) is 5.02 Å². The van der Waals surface area contributed by atoms with E-state index in [1.807, 2.05) is 0 Å². The van der Waals surface area contributed by atoms with Crippen molar-refractivity contribution in [3.63, 3.8) is 0 Å². The molecule has 0 radical (unpaired) electrons. The molecule has 0 saturated heterocycles. The molecule has 0 amide bonds. The topological polar surface area (TPSA) is 50.2 Å². The van der Waals surface area contributed by atoms with E-state index in [0.717, 1.165) is 5.56 Å². The van der Waals surface area contributed by atoms with E-state index < -0.39 is 0 Å². The van der Waals surface area contributed by atoms with Gasteiger partial charge in [-0.05, 0) is 36.8 Å². The van der Waals surface area contributed by atoms with E-state index in [1.165, 1.54) is 12.3 Å². The zero-order valence-electron chi connectivity index (χ0n) is 9.14. The molecule has 2 rings (SSSR count). The van der Waals surface area contributed by atoms with Crippen LogP contribution >= 0.6 is 11.6 Å². The monoisotopic (exact) mass is 247 g/mol. The summed E-state index contributed by atoms with van der Waals surface area (Å²) in [4.78, 5) is 16.0. The fourth-order valence-corrected chi connectivity index (χ4v) is 1.66. The van der Waals surface area contributed by atoms with Crippen molar-refractivity contribution in [3.8, 4) is 5.75 Å². The maximum Gasteiger partial charge on any atom is 0.198 e. The van der Waals surface area contributed by atoms with Gasteiger partial charge in [0.25, 0.3) is 0 Å². The summed E-state index contributed by atoms with van der Waals surface area (Å²) in [6.07, 6.45) is 3.05. The molecular weight excluding hydrogens is 238 g/mol. The third-order valence-electron chi connectivity index (χ3n) is 2.45. The molecule has 3 nitrogen and oxygen atoms in total. The van der Waals surface area contributed by atoms with Crippen molar-refractivity contribution in [1.82, 2.24) is 4.98 Å². The first-order chi connectivity index (χ1) is 8.09. The number of aromatic hydroxyl groups is 1. The maximum atomic E-state index is 12.1. The molecule has 0 saturated carbocycles. The van der Waals surface area contributed by atoms with Crippen LogP contribution in [0.25, 0.3) is 0 Å². The third kappa shape index (κ3) is 2.29. The molecule has 1 aromatic carbocycles. The van der Waals surface area contributed by atoms with E-state index >= 15 is 0 Å². The Hall–Kier alpha value is -1.87. The number of benzene rings is 1. The number of phenolic OH excluding ortho intramolecular Hbond substituents is 1. The standard InChI is InChI=1S/C13H10ClNO2/c1-8-5-10(12(16)6-11(8)14)13(17)9-3-2-4-15-7-9/h2-7,16H,1H3. The lowest BCUT2D eigenvalue weighted by molar-refractivity contribution is 0.103. The summed E-state index contributed by atoms with van der Waals surface area (Å²) in [6.45, 7) is 1.78. The number of rotatable bonds is 2. The number of nitrogens with zero attached hydrogens (tertiary/aromatic N) is 1. The van der Waals surface area contributed by atoms with Gasteiger partial charge in [0.15, 0.2) is 5.78 Å². The van der Waals surface area contributed by atoms with E-state index in [2.05, 4.69) is 4.98 Å². The van der Waals surface area contributed by atoms with Gasteiger partial charge in [-0.15, -0.1) is 0 Å². The Morgan fingerprint density at radius 2 is 2.18 bits per heavy atom. The summed E-state index contributed by atoms with van der Waals surface area (Å²) in [5.41, 5.74) is 1.42. The van der Waals surface area contributed by atoms with Crippen molar-refractivity contribution in [3.05, 3.63) is 58.4 Å². The predicted octanol–water partition coefficient (Wildman–Crippen LogP) is 2.98. The molecule has 1 aromatic heterocycles. The Kier molecular flexibility index (Phi) is 3.11. The second-order valence-corrected chi connectivity index (χ2v) is 4.10. The van der Waals surface area contributed by atoms with Crippen LogP contribution < -0.4 is 0 Å². The molecule has 0 fully saturated rings. The van der Waals surface area contributed by atoms with Crippen LogP contribution in [0, 0.1) is 6.92 Å². The van der Waals surface area contributed by atoms with E-state index in [9.17, 15) is 9.90 Å². The summed E-state index contributed by atoms with van der Waals surface area (Å²) in [6, 6.07) is 6.28. The number of aryl methyl sites for hydroxylation is 1. The molecule has 0 spiro atoms. The summed E-state index contributed by atoms with van der Waals surface area (Å²) >= 11 is 5.85. The van der Waals surface area contributed by atoms with Gasteiger partial charge in [0.2, 0.25) is 0 Å². The maximum absolute atomic E-state index is 12.1. The SMILES string of the molecule is Cc1cc(C(=O)c2cccnc2)c(O)cc1Cl. The highest BCUT2D eigenvalue weighted by Crippen LogP contribution is 2.27. The molecule has 2 aromatic rings. The molecule has 0 bridgehead atoms. The number of ketones is 1. The van der Waals surface area contributed by atoms with Gasteiger partial charge in [-0.3, -0.25) is 9.78 Å². The Morgan fingerprint density at radius 3 is 2.82 bits per heavy atom. The Labute approximate surface area is 104 Å². The second kappa shape index (κ2) is 4.55. The van der Waals surface area contributed by atoms with Crippen LogP contribution in [-0.4, -0.2) is 15.9 Å². The molecule has 0 aliphatic carbocycles. The van der Waals surface area contributed by atoms with Crippen molar-refractivity contribution in [1.29, 1.82) is 0 Å². The van der Waals surface area contributed by atoms with E-state index in [1.54, 1.807) is 31.3 Å². The molecule has 17 heavy (non-hydrogen) atoms. The first-order valence-corrected chi connectivity index (χ1v) is 5.41. The summed E-state index contributed by atoms with van der Waals surface area (Å²) in [7, 11) is 0. The lowest BCUT2D eigenvalue weighted by atomic mass is 10.0. The number of aromatic nitrogens is 1. The Morgan fingerprint density at radius 1 is 1.41 bits per heavy atom. The molecule has 1 N–H and O–H groups in total. The Bertz CT molecular complexity index is 567. The van der Waals surface area contributed by atoms with Gasteiger partial charge in [0, 0.05) is 23.0 Å². The lowest BCUT2D eigenvalue weighted by Gasteiger charge is -2.06. The van der Waals surface area contributed by atoms with E-state index in [4.69, 9.17) is 11.6 Å². The molecule has 86 valence electrons. The number of halogens is 1. The first kappa shape index (κ1) is 11.6. The largest absolute Gasteiger partial charge is 0.507 e. The summed E-state index contributed by atoms with van der Waals surface area (Å²) in [5.74, 6) is -0.384. The van der Waals surface area contributed by atoms with Crippen LogP contribution in [0.3, 0.4) is 0 Å². The first-order valence-electron chi connectivity index (χ1n) is 5.03. The quantitative estimate of drug-likeness (QED) is 0.830. The average molecular weight is 248 g/mol. The van der Waals surface area contributed by atoms with Crippen LogP contribution in [0.1, 0.15) is 21.5 Å². The number of hydrogen-bond acceptors (Lipinski definition) is 3. The van der Waals surface area contributed by atoms with E-state index in [-0.39, 0.29) is 17.1 Å². The second-order valence-electron chi connectivity index (χ2n) is 3.69. The fourth-order valence-electron chi connectivity index (χ4n) is 1.51. The molecule has 4 heteroatoms. The number of carbonyl (C=O) groups is 1. The van der Waals surface area contributed by atoms with Crippen molar-refractivity contribution < 1.29 is 9.90 Å². The highest BCUT2D eigenvalue weighted by Gasteiger charge is 2.15. The highest BCUT2D eigenvalue weighted by atomic mass is 35.5. The highest BCUT2D eigenvalue weighted by molar-refractivity contribution is 6.31. The van der Waals surface area contributed by atoms with Crippen LogP contribution in [-0.2, 0) is 0 Å². The van der Waals surface area contributed by atoms with Gasteiger partial charge in [0.05, 0.1) is 5.56 Å². The van der Waals surface area contributed by atoms with Crippen molar-refractivity contribution in [2.45, 2.75) is 6.92 Å². The molecule has 0 unspecified atom stereocenters. The molecule has 1 heterocycles. The number of carbonyl (C=O) groups excluding carboxylic acids is 1. The fraction of sp³-hybridized carbons (Fsp3) is 0.0769. The Balaban J connectivity index is 2.48. The minimum absolute atomic E-state index is 0.116. The van der Waals surface area contributed by atoms with Gasteiger partial charge in [0.1, 0.15) is 5.75 Å². The number of pyridine rings is 1. The zero-order valence-corrected chi connectivity index (χ0v) is 9.90. The van der Waals surface area contributed by atoms with Crippen LogP contribution in [0.5, 0.6) is 5.75 Å². The average Bonchev–Trinajstić information content (AvgIpc) is 2.34. The van der Waals surface area contributed by atoms with Crippen molar-refractivity contribution in [2.75, 3.05) is 0 Å². The molecule has 0 aliphatic rings. The van der Waals surface area contributed by atoms with Crippen LogP contribution in [0.15, 0.2) is 36.7 Å². The number of phenols is 1. The smallest absolute Gasteiger partial charge is 0.198 e. The lowest BCUT2D eigenvalue weighted by Crippen LogP contribution is -2.02. The zero-order chi connectivity index (χ0) is 12.4. The van der Waals surface area contributed by atoms with Gasteiger partial charge >= 0.3 is 0 Å². The predicted molar refractivity (Wildman–Crippen MR) is 65.5 cm³/mol. The third-order valence-corrected chi connectivity index (χ3v) is 2.85. The van der Waals surface area contributed by atoms with Gasteiger partial charge in [-0.2, -0.15) is 0 Å². The van der Waals surface area contributed by atoms with Crippen molar-refractivity contribution >= 4 is 17.4 Å². The minimum Gasteiger partial charge on any atom is -0.507 e. The number of hydrogen-bond donors (Lipinski definition) is 1. The van der Waals surface area contributed by atoms with E-state index in [0.29, 0.717) is 10.6 Å². The van der Waals surface area contributed by atoms with Crippen LogP contribution in [0.4, 0.5) is 0 Å². The van der Waals surface area contributed by atoms with Gasteiger partial charge < -0.3 is 5.11 Å². The molecule has 0 aliphatic heterocycles. The molecule has 0 atom stereocenters. The normalized spacial score (nSPS) is 10.2. The van der Waals surface area contributed by atoms with Crippen molar-refractivity contribution in [2.24, 2.45) is 0 Å². The van der Waals surface area contributed by atoms with Gasteiger partial charge in [-0.1, -0.05) is 11.6 Å². The molecular formula is C13H10ClNO2. The summed E-state index contributed by atoms with van der Waals surface area (Å²) < 4.78 is 0. The minimum atomic E-state index is -0.268. The van der Waals surface area contributed by atoms with Gasteiger partial charge in [-0.25, -0.2) is 0 Å².